The van der Waals surface area contributed by atoms with Crippen molar-refractivity contribution in [2.45, 2.75) is 38.3 Å². The highest BCUT2D eigenvalue weighted by Gasteiger charge is 2.40. The molecule has 1 aromatic carbocycles. The molecule has 9 nitrogen and oxygen atoms in total. The van der Waals surface area contributed by atoms with Gasteiger partial charge in [0.15, 0.2) is 0 Å². The van der Waals surface area contributed by atoms with Gasteiger partial charge in [-0.05, 0) is 52.7 Å². The Morgan fingerprint density at radius 3 is 2.71 bits per heavy atom. The molecule has 1 aliphatic rings. The van der Waals surface area contributed by atoms with Crippen LogP contribution in [0.1, 0.15) is 17.5 Å². The maximum Gasteiger partial charge on any atom is 0.416 e. The second-order valence-electron chi connectivity index (χ2n) is 8.96. The molecule has 1 saturated heterocycles. The Labute approximate surface area is 221 Å². The van der Waals surface area contributed by atoms with E-state index in [4.69, 9.17) is 5.73 Å². The Bertz CT molecular complexity index is 1590. The van der Waals surface area contributed by atoms with Gasteiger partial charge in [-0.2, -0.15) is 13.2 Å². The minimum atomic E-state index is -4.61. The molecule has 2 amide bonds. The Morgan fingerprint density at radius 2 is 2.00 bits per heavy atom. The van der Waals surface area contributed by atoms with Gasteiger partial charge in [0.25, 0.3) is 0 Å². The quantitative estimate of drug-likeness (QED) is 0.270. The van der Waals surface area contributed by atoms with Crippen LogP contribution in [0.2, 0.25) is 0 Å². The number of carbonyl (C=O) groups is 2. The van der Waals surface area contributed by atoms with Crippen molar-refractivity contribution in [3.63, 3.8) is 0 Å². The third kappa shape index (κ3) is 4.64. The number of carbonyl (C=O) groups excluding carboxylic acids is 2. The summed E-state index contributed by atoms with van der Waals surface area (Å²) in [6.45, 7) is 0.762. The van der Waals surface area contributed by atoms with Crippen LogP contribution >= 0.6 is 15.9 Å². The van der Waals surface area contributed by atoms with E-state index in [1.807, 2.05) is 0 Å². The smallest absolute Gasteiger partial charge is 0.383 e. The molecule has 3 aromatic heterocycles. The van der Waals surface area contributed by atoms with Crippen LogP contribution in [0, 0.1) is 6.92 Å². The average molecular weight is 594 g/mol. The molecule has 0 spiro atoms. The summed E-state index contributed by atoms with van der Waals surface area (Å²) in [5.41, 5.74) is 5.82. The number of hydrogen-bond acceptors (Lipinski definition) is 6. The minimum Gasteiger partial charge on any atom is -0.383 e. The van der Waals surface area contributed by atoms with Crippen LogP contribution in [0.25, 0.3) is 21.9 Å². The number of anilines is 2. The minimum absolute atomic E-state index is 0.0475. The Morgan fingerprint density at radius 1 is 1.24 bits per heavy atom. The number of nitrogens with two attached hydrogens (primary N) is 1. The van der Waals surface area contributed by atoms with Gasteiger partial charge in [0.05, 0.1) is 23.0 Å². The molecule has 5 rings (SSSR count). The summed E-state index contributed by atoms with van der Waals surface area (Å²) < 4.78 is 57.0. The summed E-state index contributed by atoms with van der Waals surface area (Å²) in [7, 11) is 0. The summed E-state index contributed by atoms with van der Waals surface area (Å²) in [4.78, 5) is 39.8. The molecular formula is C24H20BrF4N7O2. The van der Waals surface area contributed by atoms with E-state index in [9.17, 15) is 27.2 Å². The molecule has 4 heterocycles. The van der Waals surface area contributed by atoms with E-state index in [1.165, 1.54) is 11.5 Å². The van der Waals surface area contributed by atoms with Gasteiger partial charge >= 0.3 is 6.18 Å². The molecular weight excluding hydrogens is 574 g/mol. The number of aromatic nitrogens is 4. The molecule has 3 N–H and O–H groups in total. The number of likely N-dealkylation sites (tertiary alicyclic amines) is 1. The zero-order chi connectivity index (χ0) is 27.4. The molecule has 4 aromatic rings. The highest BCUT2D eigenvalue weighted by molar-refractivity contribution is 9.10. The largest absolute Gasteiger partial charge is 0.416 e. The van der Waals surface area contributed by atoms with Gasteiger partial charge in [-0.15, -0.1) is 0 Å². The van der Waals surface area contributed by atoms with Gasteiger partial charge in [-0.25, -0.2) is 19.3 Å². The maximum absolute atomic E-state index is 14.5. The Hall–Kier alpha value is -3.81. The number of fused-ring (bicyclic) bond motifs is 3. The fourth-order valence-corrected chi connectivity index (χ4v) is 5.17. The van der Waals surface area contributed by atoms with Crippen molar-refractivity contribution in [1.29, 1.82) is 0 Å². The van der Waals surface area contributed by atoms with E-state index in [2.05, 4.69) is 36.2 Å². The first-order chi connectivity index (χ1) is 17.9. The first kappa shape index (κ1) is 25.8. The summed E-state index contributed by atoms with van der Waals surface area (Å²) in [6.07, 6.45) is -5.10. The van der Waals surface area contributed by atoms with E-state index in [0.717, 1.165) is 23.4 Å². The lowest BCUT2D eigenvalue weighted by Crippen LogP contribution is -2.44. The van der Waals surface area contributed by atoms with Gasteiger partial charge in [0.2, 0.25) is 11.8 Å². The highest BCUT2D eigenvalue weighted by atomic mass is 79.9. The number of benzene rings is 1. The number of halogens is 5. The molecule has 14 heteroatoms. The van der Waals surface area contributed by atoms with Crippen LogP contribution in [0.15, 0.2) is 41.3 Å². The number of aryl methyl sites for hydroxylation is 1. The monoisotopic (exact) mass is 593 g/mol. The SMILES string of the molecule is Cc1cc(C(F)(F)F)cc2c3c(N)ncnc3n(CC(=O)N3C[C@H](F)C[C@H]3C(=O)Nc3cccc(Br)n3)c12. The number of nitrogen functional groups attached to an aromatic ring is 1. The van der Waals surface area contributed by atoms with Crippen LogP contribution < -0.4 is 11.1 Å². The molecule has 2 atom stereocenters. The topological polar surface area (TPSA) is 119 Å². The van der Waals surface area contributed by atoms with Crippen molar-refractivity contribution in [2.75, 3.05) is 17.6 Å². The van der Waals surface area contributed by atoms with E-state index >= 15 is 0 Å². The summed E-state index contributed by atoms with van der Waals surface area (Å²) in [6, 6.07) is 5.69. The third-order valence-electron chi connectivity index (χ3n) is 6.41. The van der Waals surface area contributed by atoms with Crippen molar-refractivity contribution in [2.24, 2.45) is 0 Å². The van der Waals surface area contributed by atoms with E-state index in [1.54, 1.807) is 18.2 Å². The van der Waals surface area contributed by atoms with Crippen molar-refractivity contribution >= 4 is 61.3 Å². The predicted octanol–water partition coefficient (Wildman–Crippen LogP) is 4.23. The number of hydrogen-bond donors (Lipinski definition) is 2. The van der Waals surface area contributed by atoms with Crippen molar-refractivity contribution in [3.05, 3.63) is 52.4 Å². The predicted molar refractivity (Wildman–Crippen MR) is 135 cm³/mol. The normalized spacial score (nSPS) is 17.9. The molecule has 0 radical (unpaired) electrons. The lowest BCUT2D eigenvalue weighted by Gasteiger charge is -2.24. The summed E-state index contributed by atoms with van der Waals surface area (Å²) in [5, 5.41) is 2.90. The van der Waals surface area contributed by atoms with Crippen LogP contribution in [0.3, 0.4) is 0 Å². The Balaban J connectivity index is 1.52. The standard InChI is InChI=1S/C24H20BrF4N7O2/c1-11-5-12(24(27,28)29)6-14-19-21(30)31-10-32-22(19)36(20(11)14)9-18(37)35-8-13(26)7-15(35)23(38)34-17-4-2-3-16(25)33-17/h2-6,10,13,15H,7-9H2,1H3,(H2,30,31,32)(H,33,34,38)/t13-,15+/m1/s1. The van der Waals surface area contributed by atoms with E-state index in [0.29, 0.717) is 10.1 Å². The first-order valence-electron chi connectivity index (χ1n) is 11.4. The second kappa shape index (κ2) is 9.49. The lowest BCUT2D eigenvalue weighted by atomic mass is 10.1. The molecule has 1 fully saturated rings. The van der Waals surface area contributed by atoms with Crippen LogP contribution in [0.5, 0.6) is 0 Å². The van der Waals surface area contributed by atoms with E-state index < -0.39 is 42.3 Å². The number of nitrogens with one attached hydrogen (secondary N) is 1. The lowest BCUT2D eigenvalue weighted by molar-refractivity contribution is -0.137. The maximum atomic E-state index is 14.5. The fourth-order valence-electron chi connectivity index (χ4n) is 4.83. The molecule has 0 saturated carbocycles. The van der Waals surface area contributed by atoms with Gasteiger partial charge in [-0.3, -0.25) is 9.59 Å². The first-order valence-corrected chi connectivity index (χ1v) is 12.2. The summed E-state index contributed by atoms with van der Waals surface area (Å²) >= 11 is 3.21. The van der Waals surface area contributed by atoms with Crippen molar-refractivity contribution in [3.8, 4) is 0 Å². The number of pyridine rings is 1. The zero-order valence-electron chi connectivity index (χ0n) is 19.8. The Kier molecular flexibility index (Phi) is 6.45. The second-order valence-corrected chi connectivity index (χ2v) is 9.77. The third-order valence-corrected chi connectivity index (χ3v) is 6.85. The van der Waals surface area contributed by atoms with Gasteiger partial charge in [-0.1, -0.05) is 6.07 Å². The average Bonchev–Trinajstić information content (AvgIpc) is 3.38. The van der Waals surface area contributed by atoms with Gasteiger partial charge < -0.3 is 20.5 Å². The van der Waals surface area contributed by atoms with E-state index in [-0.39, 0.29) is 46.6 Å². The number of amides is 2. The van der Waals surface area contributed by atoms with Crippen molar-refractivity contribution in [1.82, 2.24) is 24.4 Å². The van der Waals surface area contributed by atoms with Crippen LogP contribution in [0.4, 0.5) is 29.2 Å². The molecule has 1 aliphatic heterocycles. The number of alkyl halides is 4. The molecule has 0 unspecified atom stereocenters. The number of rotatable bonds is 4. The highest BCUT2D eigenvalue weighted by Crippen LogP contribution is 2.38. The zero-order valence-corrected chi connectivity index (χ0v) is 21.3. The molecule has 38 heavy (non-hydrogen) atoms. The van der Waals surface area contributed by atoms with Gasteiger partial charge in [0, 0.05) is 11.8 Å². The van der Waals surface area contributed by atoms with Crippen LogP contribution in [-0.2, 0) is 22.3 Å². The molecule has 0 bridgehead atoms. The summed E-state index contributed by atoms with van der Waals surface area (Å²) in [5.74, 6) is -1.04. The van der Waals surface area contributed by atoms with Crippen LogP contribution in [-0.4, -0.2) is 55.0 Å². The fraction of sp³-hybridized carbons (Fsp3) is 0.292. The molecule has 0 aliphatic carbocycles. The van der Waals surface area contributed by atoms with Crippen molar-refractivity contribution < 1.29 is 27.2 Å². The number of nitrogens with zero attached hydrogens (tertiary/aromatic N) is 5. The molecule has 198 valence electrons. The van der Waals surface area contributed by atoms with Gasteiger partial charge in [0.1, 0.15) is 47.0 Å².